The van der Waals surface area contributed by atoms with E-state index in [2.05, 4.69) is 0 Å². The van der Waals surface area contributed by atoms with Gasteiger partial charge in [-0.3, -0.25) is 0 Å². The summed E-state index contributed by atoms with van der Waals surface area (Å²) in [5.41, 5.74) is 7.17. The van der Waals surface area contributed by atoms with E-state index in [1.807, 2.05) is 17.0 Å². The van der Waals surface area contributed by atoms with Gasteiger partial charge < -0.3 is 15.7 Å². The molecule has 4 heteroatoms. The first-order chi connectivity index (χ1) is 6.68. The Morgan fingerprint density at radius 2 is 2.07 bits per heavy atom. The molecule has 1 aromatic rings. The summed E-state index contributed by atoms with van der Waals surface area (Å²) in [5, 5.41) is 8.85. The first-order valence-corrected chi connectivity index (χ1v) is 4.53. The van der Waals surface area contributed by atoms with Crippen molar-refractivity contribution in [2.75, 3.05) is 17.2 Å². The van der Waals surface area contributed by atoms with E-state index in [0.717, 1.165) is 18.7 Å². The van der Waals surface area contributed by atoms with Crippen LogP contribution in [-0.4, -0.2) is 23.7 Å². The standard InChI is InChI=1S/C10H12N2O2/c11-7-1-3-8(4-2-7)12-6-5-9(12)10(13)14/h1-4,9H,5-6,11H2,(H,13,14)/t9-/m0/s1. The molecule has 1 aromatic carbocycles. The van der Waals surface area contributed by atoms with Crippen LogP contribution in [-0.2, 0) is 4.79 Å². The van der Waals surface area contributed by atoms with Gasteiger partial charge in [-0.2, -0.15) is 0 Å². The molecule has 0 aliphatic carbocycles. The average Bonchev–Trinajstić information content (AvgIpc) is 2.05. The largest absolute Gasteiger partial charge is 0.480 e. The molecule has 3 N–H and O–H groups in total. The number of hydrogen-bond acceptors (Lipinski definition) is 3. The zero-order valence-electron chi connectivity index (χ0n) is 7.68. The number of benzene rings is 1. The quantitative estimate of drug-likeness (QED) is 0.684. The third-order valence-corrected chi connectivity index (χ3v) is 2.53. The van der Waals surface area contributed by atoms with E-state index in [0.29, 0.717) is 5.69 Å². The fourth-order valence-electron chi connectivity index (χ4n) is 1.62. The molecule has 1 aliphatic heterocycles. The molecule has 0 spiro atoms. The third kappa shape index (κ3) is 1.39. The monoisotopic (exact) mass is 192 g/mol. The molecule has 1 atom stereocenters. The molecule has 1 aliphatic rings. The van der Waals surface area contributed by atoms with E-state index in [1.54, 1.807) is 12.1 Å². The van der Waals surface area contributed by atoms with Gasteiger partial charge in [0.1, 0.15) is 6.04 Å². The second-order valence-electron chi connectivity index (χ2n) is 3.43. The minimum atomic E-state index is -0.756. The molecule has 1 fully saturated rings. The second-order valence-corrected chi connectivity index (χ2v) is 3.43. The van der Waals surface area contributed by atoms with Gasteiger partial charge in [0, 0.05) is 17.9 Å². The first kappa shape index (κ1) is 8.87. The van der Waals surface area contributed by atoms with E-state index in [-0.39, 0.29) is 6.04 Å². The minimum absolute atomic E-state index is 0.362. The van der Waals surface area contributed by atoms with Crippen LogP contribution in [0.5, 0.6) is 0 Å². The van der Waals surface area contributed by atoms with Crippen LogP contribution in [0.25, 0.3) is 0 Å². The Kier molecular flexibility index (Phi) is 2.04. The maximum Gasteiger partial charge on any atom is 0.326 e. The lowest BCUT2D eigenvalue weighted by molar-refractivity contribution is -0.139. The predicted octanol–water partition coefficient (Wildman–Crippen LogP) is 0.932. The van der Waals surface area contributed by atoms with E-state index in [9.17, 15) is 4.79 Å². The van der Waals surface area contributed by atoms with Crippen molar-refractivity contribution in [3.05, 3.63) is 24.3 Å². The Balaban J connectivity index is 2.16. The molecule has 2 rings (SSSR count). The number of carboxylic acids is 1. The zero-order chi connectivity index (χ0) is 10.1. The van der Waals surface area contributed by atoms with Crippen molar-refractivity contribution in [2.45, 2.75) is 12.5 Å². The van der Waals surface area contributed by atoms with Gasteiger partial charge in [0.15, 0.2) is 0 Å². The molecule has 4 nitrogen and oxygen atoms in total. The summed E-state index contributed by atoms with van der Waals surface area (Å²) in [4.78, 5) is 12.6. The Hall–Kier alpha value is -1.71. The van der Waals surface area contributed by atoms with E-state index in [1.165, 1.54) is 0 Å². The number of carbonyl (C=O) groups is 1. The highest BCUT2D eigenvalue weighted by Gasteiger charge is 2.33. The van der Waals surface area contributed by atoms with E-state index in [4.69, 9.17) is 10.8 Å². The maximum atomic E-state index is 10.8. The fraction of sp³-hybridized carbons (Fsp3) is 0.300. The lowest BCUT2D eigenvalue weighted by atomic mass is 10.0. The van der Waals surface area contributed by atoms with Crippen LogP contribution in [0.15, 0.2) is 24.3 Å². The molecule has 0 unspecified atom stereocenters. The molecule has 74 valence electrons. The summed E-state index contributed by atoms with van der Waals surface area (Å²) in [6.07, 6.45) is 0.722. The van der Waals surface area contributed by atoms with Gasteiger partial charge in [0.05, 0.1) is 0 Å². The summed E-state index contributed by atoms with van der Waals surface area (Å²) in [5.74, 6) is -0.756. The topological polar surface area (TPSA) is 66.6 Å². The zero-order valence-corrected chi connectivity index (χ0v) is 7.68. The van der Waals surface area contributed by atoms with Crippen LogP contribution in [0.3, 0.4) is 0 Å². The number of anilines is 2. The molecule has 0 amide bonds. The SMILES string of the molecule is Nc1ccc(N2CC[C@H]2C(=O)O)cc1. The summed E-state index contributed by atoms with van der Waals surface area (Å²) in [7, 11) is 0. The lowest BCUT2D eigenvalue weighted by Gasteiger charge is -2.39. The van der Waals surface area contributed by atoms with Crippen LogP contribution in [0, 0.1) is 0 Å². The average molecular weight is 192 g/mol. The summed E-state index contributed by atoms with van der Waals surface area (Å²) >= 11 is 0. The summed E-state index contributed by atoms with van der Waals surface area (Å²) in [6, 6.07) is 6.91. The normalized spacial score (nSPS) is 20.3. The van der Waals surface area contributed by atoms with Crippen molar-refractivity contribution in [1.82, 2.24) is 0 Å². The molecular formula is C10H12N2O2. The van der Waals surface area contributed by atoms with Crippen molar-refractivity contribution < 1.29 is 9.90 Å². The predicted molar refractivity (Wildman–Crippen MR) is 54.2 cm³/mol. The number of aliphatic carboxylic acids is 1. The molecule has 0 bridgehead atoms. The number of nitrogens with zero attached hydrogens (tertiary/aromatic N) is 1. The molecule has 0 saturated carbocycles. The maximum absolute atomic E-state index is 10.8. The molecule has 0 radical (unpaired) electrons. The number of rotatable bonds is 2. The molecular weight excluding hydrogens is 180 g/mol. The fourth-order valence-corrected chi connectivity index (χ4v) is 1.62. The van der Waals surface area contributed by atoms with Gasteiger partial charge in [0.25, 0.3) is 0 Å². The van der Waals surface area contributed by atoms with Crippen molar-refractivity contribution in [2.24, 2.45) is 0 Å². The first-order valence-electron chi connectivity index (χ1n) is 4.53. The van der Waals surface area contributed by atoms with Crippen molar-refractivity contribution in [3.8, 4) is 0 Å². The molecule has 14 heavy (non-hydrogen) atoms. The smallest absolute Gasteiger partial charge is 0.326 e. The Bertz CT molecular complexity index is 348. The molecule has 0 aromatic heterocycles. The molecule has 1 saturated heterocycles. The van der Waals surface area contributed by atoms with Gasteiger partial charge in [-0.1, -0.05) is 0 Å². The number of hydrogen-bond donors (Lipinski definition) is 2. The van der Waals surface area contributed by atoms with Crippen molar-refractivity contribution in [3.63, 3.8) is 0 Å². The van der Waals surface area contributed by atoms with Gasteiger partial charge in [-0.25, -0.2) is 4.79 Å². The van der Waals surface area contributed by atoms with Gasteiger partial charge in [0.2, 0.25) is 0 Å². The van der Waals surface area contributed by atoms with Gasteiger partial charge in [-0.05, 0) is 30.7 Å². The Morgan fingerprint density at radius 3 is 2.50 bits per heavy atom. The van der Waals surface area contributed by atoms with Crippen LogP contribution in [0.2, 0.25) is 0 Å². The third-order valence-electron chi connectivity index (χ3n) is 2.53. The Labute approximate surface area is 81.9 Å². The Morgan fingerprint density at radius 1 is 1.43 bits per heavy atom. The van der Waals surface area contributed by atoms with Crippen molar-refractivity contribution >= 4 is 17.3 Å². The van der Waals surface area contributed by atoms with Crippen LogP contribution in [0.4, 0.5) is 11.4 Å². The lowest BCUT2D eigenvalue weighted by Crippen LogP contribution is -2.52. The summed E-state index contributed by atoms with van der Waals surface area (Å²) < 4.78 is 0. The minimum Gasteiger partial charge on any atom is -0.480 e. The number of nitrogen functional groups attached to an aromatic ring is 1. The van der Waals surface area contributed by atoms with E-state index < -0.39 is 5.97 Å². The van der Waals surface area contributed by atoms with Crippen LogP contribution in [0.1, 0.15) is 6.42 Å². The number of nitrogens with two attached hydrogens (primary N) is 1. The highest BCUT2D eigenvalue weighted by molar-refractivity contribution is 5.80. The van der Waals surface area contributed by atoms with Crippen LogP contribution < -0.4 is 10.6 Å². The summed E-state index contributed by atoms with van der Waals surface area (Å²) in [6.45, 7) is 0.806. The van der Waals surface area contributed by atoms with Crippen LogP contribution >= 0.6 is 0 Å². The van der Waals surface area contributed by atoms with Crippen molar-refractivity contribution in [1.29, 1.82) is 0 Å². The van der Waals surface area contributed by atoms with Gasteiger partial charge >= 0.3 is 5.97 Å². The molecule has 1 heterocycles. The van der Waals surface area contributed by atoms with E-state index >= 15 is 0 Å². The number of carboxylic acid groups (broad SMARTS) is 1. The van der Waals surface area contributed by atoms with Gasteiger partial charge in [-0.15, -0.1) is 0 Å². The highest BCUT2D eigenvalue weighted by atomic mass is 16.4. The second kappa shape index (κ2) is 3.21. The highest BCUT2D eigenvalue weighted by Crippen LogP contribution is 2.26.